The fourth-order valence-corrected chi connectivity index (χ4v) is 3.77. The summed E-state index contributed by atoms with van der Waals surface area (Å²) in [6.45, 7) is 0. The number of fused-ring (bicyclic) bond motifs is 2. The van der Waals surface area contributed by atoms with Gasteiger partial charge in [-0.1, -0.05) is 11.6 Å². The Labute approximate surface area is 165 Å². The molecule has 1 amide bonds. The molecule has 142 valence electrons. The molecule has 0 saturated carbocycles. The van der Waals surface area contributed by atoms with E-state index in [1.54, 1.807) is 24.3 Å². The molecule has 0 radical (unpaired) electrons. The Hall–Kier alpha value is -3.19. The molecule has 28 heavy (non-hydrogen) atoms. The first kappa shape index (κ1) is 18.2. The standard InChI is InChI=1S/C20H16ClN3O4/c1-28-18-8-6-12(10-17(18)24(26)27)22-20(25)19-13-3-2-4-15(13)23-16-7-5-11(21)9-14(16)19/h5-10H,2-4H2,1H3,(H,22,25). The molecule has 1 aromatic heterocycles. The van der Waals surface area contributed by atoms with Gasteiger partial charge in [0.15, 0.2) is 5.75 Å². The minimum absolute atomic E-state index is 0.130. The maximum absolute atomic E-state index is 13.2. The number of carbonyl (C=O) groups excluding carboxylic acids is 1. The van der Waals surface area contributed by atoms with Crippen molar-refractivity contribution in [2.75, 3.05) is 12.4 Å². The summed E-state index contributed by atoms with van der Waals surface area (Å²) in [4.78, 5) is 28.5. The number of rotatable bonds is 4. The van der Waals surface area contributed by atoms with E-state index >= 15 is 0 Å². The highest BCUT2D eigenvalue weighted by molar-refractivity contribution is 6.31. The van der Waals surface area contributed by atoms with E-state index < -0.39 is 4.92 Å². The van der Waals surface area contributed by atoms with Crippen molar-refractivity contribution in [2.24, 2.45) is 0 Å². The molecule has 1 aliphatic rings. The highest BCUT2D eigenvalue weighted by Crippen LogP contribution is 2.33. The van der Waals surface area contributed by atoms with Crippen LogP contribution >= 0.6 is 11.6 Å². The van der Waals surface area contributed by atoms with Crippen molar-refractivity contribution in [1.29, 1.82) is 0 Å². The van der Waals surface area contributed by atoms with Gasteiger partial charge in [0, 0.05) is 27.9 Å². The molecule has 0 atom stereocenters. The average Bonchev–Trinajstić information content (AvgIpc) is 3.13. The fourth-order valence-electron chi connectivity index (χ4n) is 3.60. The van der Waals surface area contributed by atoms with E-state index in [1.807, 2.05) is 0 Å². The third-order valence-corrected chi connectivity index (χ3v) is 5.07. The molecule has 4 rings (SSSR count). The number of aromatic nitrogens is 1. The van der Waals surface area contributed by atoms with E-state index in [4.69, 9.17) is 16.3 Å². The molecule has 0 fully saturated rings. The minimum atomic E-state index is -0.548. The van der Waals surface area contributed by atoms with Crippen molar-refractivity contribution in [3.63, 3.8) is 0 Å². The first-order valence-corrected chi connectivity index (χ1v) is 9.10. The second kappa shape index (κ2) is 7.09. The number of halogens is 1. The van der Waals surface area contributed by atoms with E-state index in [-0.39, 0.29) is 17.3 Å². The molecule has 1 N–H and O–H groups in total. The molecular formula is C20H16ClN3O4. The molecule has 3 aromatic rings. The molecule has 0 aliphatic heterocycles. The maximum Gasteiger partial charge on any atom is 0.312 e. The number of pyridine rings is 1. The van der Waals surface area contributed by atoms with Crippen molar-refractivity contribution in [3.05, 3.63) is 68.4 Å². The molecule has 0 bridgehead atoms. The molecule has 0 saturated heterocycles. The lowest BCUT2D eigenvalue weighted by molar-refractivity contribution is -0.385. The summed E-state index contributed by atoms with van der Waals surface area (Å²) in [5, 5.41) is 15.2. The SMILES string of the molecule is COc1ccc(NC(=O)c2c3c(nc4ccc(Cl)cc24)CCC3)cc1[N+](=O)[O-]. The van der Waals surface area contributed by atoms with Crippen molar-refractivity contribution >= 4 is 39.8 Å². The normalized spacial score (nSPS) is 12.6. The van der Waals surface area contributed by atoms with Gasteiger partial charge in [0.1, 0.15) is 0 Å². The number of hydrogen-bond donors (Lipinski definition) is 1. The maximum atomic E-state index is 13.2. The van der Waals surface area contributed by atoms with Crippen LogP contribution in [0.4, 0.5) is 11.4 Å². The van der Waals surface area contributed by atoms with Crippen LogP contribution < -0.4 is 10.1 Å². The summed E-state index contributed by atoms with van der Waals surface area (Å²) in [5.74, 6) is -0.211. The average molecular weight is 398 g/mol. The number of hydrogen-bond acceptors (Lipinski definition) is 5. The lowest BCUT2D eigenvalue weighted by Crippen LogP contribution is -2.16. The van der Waals surface area contributed by atoms with Crippen molar-refractivity contribution in [1.82, 2.24) is 4.98 Å². The highest BCUT2D eigenvalue weighted by Gasteiger charge is 2.25. The number of carbonyl (C=O) groups is 1. The van der Waals surface area contributed by atoms with Crippen LogP contribution in [0, 0.1) is 10.1 Å². The Bertz CT molecular complexity index is 1130. The van der Waals surface area contributed by atoms with Crippen LogP contribution in [-0.2, 0) is 12.8 Å². The van der Waals surface area contributed by atoms with Gasteiger partial charge in [-0.3, -0.25) is 19.9 Å². The highest BCUT2D eigenvalue weighted by atomic mass is 35.5. The van der Waals surface area contributed by atoms with Gasteiger partial charge >= 0.3 is 5.69 Å². The molecular weight excluding hydrogens is 382 g/mol. The predicted molar refractivity (Wildman–Crippen MR) is 106 cm³/mol. The van der Waals surface area contributed by atoms with E-state index in [2.05, 4.69) is 10.3 Å². The number of nitrogens with one attached hydrogen (secondary N) is 1. The Morgan fingerprint density at radius 2 is 2.07 bits per heavy atom. The van der Waals surface area contributed by atoms with Gasteiger partial charge in [0.2, 0.25) is 0 Å². The molecule has 8 heteroatoms. The van der Waals surface area contributed by atoms with E-state index in [9.17, 15) is 14.9 Å². The number of methoxy groups -OCH3 is 1. The smallest absolute Gasteiger partial charge is 0.312 e. The van der Waals surface area contributed by atoms with Gasteiger partial charge in [-0.2, -0.15) is 0 Å². The molecule has 0 unspecified atom stereocenters. The minimum Gasteiger partial charge on any atom is -0.490 e. The van der Waals surface area contributed by atoms with Gasteiger partial charge in [0.05, 0.1) is 23.1 Å². The summed E-state index contributed by atoms with van der Waals surface area (Å²) < 4.78 is 5.01. The molecule has 2 aromatic carbocycles. The van der Waals surface area contributed by atoms with Crippen LogP contribution in [0.15, 0.2) is 36.4 Å². The predicted octanol–water partition coefficient (Wildman–Crippen LogP) is 4.55. The number of ether oxygens (including phenoxy) is 1. The van der Waals surface area contributed by atoms with Crippen molar-refractivity contribution < 1.29 is 14.5 Å². The molecule has 0 spiro atoms. The monoisotopic (exact) mass is 397 g/mol. The number of amides is 1. The number of nitro groups is 1. The van der Waals surface area contributed by atoms with Gasteiger partial charge < -0.3 is 10.1 Å². The van der Waals surface area contributed by atoms with Gasteiger partial charge in [-0.15, -0.1) is 0 Å². The van der Waals surface area contributed by atoms with Gasteiger partial charge in [-0.25, -0.2) is 0 Å². The number of aryl methyl sites for hydroxylation is 1. The second-order valence-electron chi connectivity index (χ2n) is 6.52. The summed E-state index contributed by atoms with van der Waals surface area (Å²) in [6, 6.07) is 9.58. The fraction of sp³-hybridized carbons (Fsp3) is 0.200. The Kier molecular flexibility index (Phi) is 4.60. The van der Waals surface area contributed by atoms with E-state index in [0.717, 1.165) is 30.5 Å². The summed E-state index contributed by atoms with van der Waals surface area (Å²) in [5.41, 5.74) is 3.16. The van der Waals surface area contributed by atoms with Crippen LogP contribution in [0.5, 0.6) is 5.75 Å². The van der Waals surface area contributed by atoms with Crippen molar-refractivity contribution in [2.45, 2.75) is 19.3 Å². The van der Waals surface area contributed by atoms with Crippen LogP contribution in [0.3, 0.4) is 0 Å². The van der Waals surface area contributed by atoms with Gasteiger partial charge in [0.25, 0.3) is 5.91 Å². The topological polar surface area (TPSA) is 94.4 Å². The zero-order valence-corrected chi connectivity index (χ0v) is 15.7. The third kappa shape index (κ3) is 3.14. The van der Waals surface area contributed by atoms with Crippen LogP contribution in [0.1, 0.15) is 28.0 Å². The Balaban J connectivity index is 1.79. The Morgan fingerprint density at radius 1 is 1.25 bits per heavy atom. The van der Waals surface area contributed by atoms with Gasteiger partial charge in [-0.05, 0) is 55.2 Å². The lowest BCUT2D eigenvalue weighted by atomic mass is 10.0. The third-order valence-electron chi connectivity index (χ3n) is 4.83. The number of nitrogens with zero attached hydrogens (tertiary/aromatic N) is 2. The zero-order valence-electron chi connectivity index (χ0n) is 15.0. The summed E-state index contributed by atoms with van der Waals surface area (Å²) in [7, 11) is 1.36. The van der Waals surface area contributed by atoms with Crippen molar-refractivity contribution in [3.8, 4) is 5.75 Å². The Morgan fingerprint density at radius 3 is 2.82 bits per heavy atom. The number of nitro benzene ring substituents is 1. The van der Waals surface area contributed by atoms with Crippen LogP contribution in [-0.4, -0.2) is 22.9 Å². The van der Waals surface area contributed by atoms with E-state index in [1.165, 1.54) is 19.2 Å². The van der Waals surface area contributed by atoms with E-state index in [0.29, 0.717) is 27.2 Å². The largest absolute Gasteiger partial charge is 0.490 e. The van der Waals surface area contributed by atoms with Crippen LogP contribution in [0.2, 0.25) is 5.02 Å². The first-order valence-electron chi connectivity index (χ1n) is 8.72. The van der Waals surface area contributed by atoms with Crippen LogP contribution in [0.25, 0.3) is 10.9 Å². The quantitative estimate of drug-likeness (QED) is 0.515. The molecule has 1 aliphatic carbocycles. The second-order valence-corrected chi connectivity index (χ2v) is 6.96. The molecule has 7 nitrogen and oxygen atoms in total. The summed E-state index contributed by atoms with van der Waals surface area (Å²) >= 11 is 6.15. The first-order chi connectivity index (χ1) is 13.5. The number of benzene rings is 2. The zero-order chi connectivity index (χ0) is 19.8. The lowest BCUT2D eigenvalue weighted by Gasteiger charge is -2.13. The molecule has 1 heterocycles. The summed E-state index contributed by atoms with van der Waals surface area (Å²) in [6.07, 6.45) is 2.51. The number of anilines is 1.